The van der Waals surface area contributed by atoms with Gasteiger partial charge in [-0.1, -0.05) is 32.0 Å². The zero-order valence-corrected chi connectivity index (χ0v) is 12.3. The lowest BCUT2D eigenvalue weighted by atomic mass is 9.80. The topological polar surface area (TPSA) is 30.9 Å². The molecule has 2 aromatic rings. The fourth-order valence-electron chi connectivity index (χ4n) is 3.86. The third-order valence-corrected chi connectivity index (χ3v) is 4.70. The van der Waals surface area contributed by atoms with Crippen molar-refractivity contribution in [1.29, 1.82) is 0 Å². The summed E-state index contributed by atoms with van der Waals surface area (Å²) < 4.78 is 2.53. The SMILES string of the molecule is Cc1c(C(C)(C)CCN)c2cccc3c2n1CCC3. The molecule has 2 heterocycles. The van der Waals surface area contributed by atoms with Gasteiger partial charge in [-0.25, -0.2) is 0 Å². The van der Waals surface area contributed by atoms with Crippen molar-refractivity contribution in [2.24, 2.45) is 5.73 Å². The molecule has 1 aliphatic heterocycles. The number of nitrogens with two attached hydrogens (primary N) is 1. The Balaban J connectivity index is 2.32. The van der Waals surface area contributed by atoms with Crippen LogP contribution in [-0.2, 0) is 18.4 Å². The minimum absolute atomic E-state index is 0.158. The average Bonchev–Trinajstić information content (AvgIpc) is 2.66. The van der Waals surface area contributed by atoms with Gasteiger partial charge in [0.1, 0.15) is 0 Å². The van der Waals surface area contributed by atoms with E-state index < -0.39 is 0 Å². The van der Waals surface area contributed by atoms with Crippen LogP contribution >= 0.6 is 0 Å². The lowest BCUT2D eigenvalue weighted by Gasteiger charge is -2.25. The fraction of sp³-hybridized carbons (Fsp3) is 0.529. The van der Waals surface area contributed by atoms with Crippen LogP contribution in [0.4, 0.5) is 0 Å². The lowest BCUT2D eigenvalue weighted by molar-refractivity contribution is 0.484. The Morgan fingerprint density at radius 3 is 2.84 bits per heavy atom. The summed E-state index contributed by atoms with van der Waals surface area (Å²) in [5, 5.41) is 1.45. The molecular formula is C17H24N2. The first-order chi connectivity index (χ1) is 9.06. The van der Waals surface area contributed by atoms with Gasteiger partial charge in [0, 0.05) is 17.6 Å². The number of aryl methyl sites for hydroxylation is 2. The van der Waals surface area contributed by atoms with Crippen LogP contribution in [0.1, 0.15) is 43.5 Å². The molecule has 0 spiro atoms. The molecule has 0 bridgehead atoms. The molecule has 0 saturated heterocycles. The molecule has 0 radical (unpaired) electrons. The second kappa shape index (κ2) is 4.38. The molecular weight excluding hydrogens is 232 g/mol. The van der Waals surface area contributed by atoms with Gasteiger partial charge in [-0.05, 0) is 49.3 Å². The van der Waals surface area contributed by atoms with Crippen LogP contribution in [0.2, 0.25) is 0 Å². The molecule has 1 aliphatic rings. The minimum atomic E-state index is 0.158. The third-order valence-electron chi connectivity index (χ3n) is 4.70. The Labute approximate surface area is 115 Å². The third kappa shape index (κ3) is 1.81. The van der Waals surface area contributed by atoms with Gasteiger partial charge in [0.05, 0.1) is 5.52 Å². The highest BCUT2D eigenvalue weighted by Crippen LogP contribution is 2.40. The van der Waals surface area contributed by atoms with Crippen molar-refractivity contribution in [1.82, 2.24) is 4.57 Å². The smallest absolute Gasteiger partial charge is 0.0518 e. The van der Waals surface area contributed by atoms with E-state index in [1.54, 1.807) is 0 Å². The fourth-order valence-corrected chi connectivity index (χ4v) is 3.86. The van der Waals surface area contributed by atoms with Crippen molar-refractivity contribution in [3.63, 3.8) is 0 Å². The maximum atomic E-state index is 5.82. The normalized spacial score (nSPS) is 15.2. The molecule has 2 nitrogen and oxygen atoms in total. The van der Waals surface area contributed by atoms with Gasteiger partial charge in [0.15, 0.2) is 0 Å². The van der Waals surface area contributed by atoms with Crippen molar-refractivity contribution in [3.8, 4) is 0 Å². The summed E-state index contributed by atoms with van der Waals surface area (Å²) in [6, 6.07) is 6.80. The Morgan fingerprint density at radius 1 is 1.32 bits per heavy atom. The largest absolute Gasteiger partial charge is 0.344 e. The number of nitrogens with zero attached hydrogens (tertiary/aromatic N) is 1. The van der Waals surface area contributed by atoms with Gasteiger partial charge < -0.3 is 10.3 Å². The maximum Gasteiger partial charge on any atom is 0.0518 e. The van der Waals surface area contributed by atoms with E-state index in [-0.39, 0.29) is 5.41 Å². The Morgan fingerprint density at radius 2 is 2.11 bits per heavy atom. The van der Waals surface area contributed by atoms with Crippen molar-refractivity contribution in [2.75, 3.05) is 6.54 Å². The highest BCUT2D eigenvalue weighted by molar-refractivity contribution is 5.89. The zero-order chi connectivity index (χ0) is 13.6. The van der Waals surface area contributed by atoms with Crippen LogP contribution in [-0.4, -0.2) is 11.1 Å². The summed E-state index contributed by atoms with van der Waals surface area (Å²) in [4.78, 5) is 0. The summed E-state index contributed by atoms with van der Waals surface area (Å²) in [5.74, 6) is 0. The molecule has 1 aromatic carbocycles. The van der Waals surface area contributed by atoms with E-state index in [9.17, 15) is 0 Å². The van der Waals surface area contributed by atoms with Crippen molar-refractivity contribution < 1.29 is 0 Å². The monoisotopic (exact) mass is 256 g/mol. The first-order valence-electron chi connectivity index (χ1n) is 7.37. The van der Waals surface area contributed by atoms with Gasteiger partial charge in [-0.2, -0.15) is 0 Å². The molecule has 0 aliphatic carbocycles. The van der Waals surface area contributed by atoms with Crippen molar-refractivity contribution in [2.45, 2.75) is 52.0 Å². The van der Waals surface area contributed by atoms with Gasteiger partial charge in [-0.15, -0.1) is 0 Å². The molecule has 1 aromatic heterocycles. The summed E-state index contributed by atoms with van der Waals surface area (Å²) in [6.45, 7) is 8.85. The number of rotatable bonds is 3. The minimum Gasteiger partial charge on any atom is -0.344 e. The first-order valence-corrected chi connectivity index (χ1v) is 7.37. The van der Waals surface area contributed by atoms with Crippen molar-refractivity contribution in [3.05, 3.63) is 35.0 Å². The molecule has 0 fully saturated rings. The quantitative estimate of drug-likeness (QED) is 0.895. The average molecular weight is 256 g/mol. The maximum absolute atomic E-state index is 5.82. The van der Waals surface area contributed by atoms with E-state index in [1.807, 2.05) is 0 Å². The molecule has 2 heteroatoms. The van der Waals surface area contributed by atoms with Crippen LogP contribution in [0.25, 0.3) is 10.9 Å². The molecule has 2 N–H and O–H groups in total. The van der Waals surface area contributed by atoms with Crippen LogP contribution < -0.4 is 5.73 Å². The Kier molecular flexibility index (Phi) is 2.94. The first kappa shape index (κ1) is 12.7. The summed E-state index contributed by atoms with van der Waals surface area (Å²) in [5.41, 5.74) is 11.9. The second-order valence-electron chi connectivity index (χ2n) is 6.45. The highest BCUT2D eigenvalue weighted by atomic mass is 15.0. The molecule has 0 unspecified atom stereocenters. The summed E-state index contributed by atoms with van der Waals surface area (Å²) >= 11 is 0. The van der Waals surface area contributed by atoms with E-state index in [0.29, 0.717) is 0 Å². The number of hydrogen-bond donors (Lipinski definition) is 1. The van der Waals surface area contributed by atoms with E-state index in [0.717, 1.165) is 19.5 Å². The van der Waals surface area contributed by atoms with E-state index in [1.165, 1.54) is 40.6 Å². The van der Waals surface area contributed by atoms with Crippen molar-refractivity contribution >= 4 is 10.9 Å². The summed E-state index contributed by atoms with van der Waals surface area (Å²) in [7, 11) is 0. The predicted molar refractivity (Wildman–Crippen MR) is 81.7 cm³/mol. The van der Waals surface area contributed by atoms with Gasteiger partial charge in [0.2, 0.25) is 0 Å². The van der Waals surface area contributed by atoms with Crippen LogP contribution in [0.15, 0.2) is 18.2 Å². The molecule has 0 saturated carbocycles. The van der Waals surface area contributed by atoms with Crippen LogP contribution in [0.3, 0.4) is 0 Å². The molecule has 3 rings (SSSR count). The number of benzene rings is 1. The molecule has 0 atom stereocenters. The Bertz CT molecular complexity index is 620. The number of hydrogen-bond acceptors (Lipinski definition) is 1. The second-order valence-corrected chi connectivity index (χ2v) is 6.45. The number of para-hydroxylation sites is 1. The molecule has 19 heavy (non-hydrogen) atoms. The van der Waals surface area contributed by atoms with Crippen LogP contribution in [0.5, 0.6) is 0 Å². The highest BCUT2D eigenvalue weighted by Gasteiger charge is 2.29. The summed E-state index contributed by atoms with van der Waals surface area (Å²) in [6.07, 6.45) is 3.52. The standard InChI is InChI=1S/C17H24N2/c1-12-15(17(2,3)9-10-18)14-8-4-6-13-7-5-11-19(12)16(13)14/h4,6,8H,5,7,9-11,18H2,1-3H3. The van der Waals surface area contributed by atoms with Crippen LogP contribution in [0, 0.1) is 6.92 Å². The number of aromatic nitrogens is 1. The van der Waals surface area contributed by atoms with E-state index >= 15 is 0 Å². The van der Waals surface area contributed by atoms with E-state index in [4.69, 9.17) is 5.73 Å². The van der Waals surface area contributed by atoms with Gasteiger partial charge in [-0.3, -0.25) is 0 Å². The predicted octanol–water partition coefficient (Wildman–Crippen LogP) is 3.52. The van der Waals surface area contributed by atoms with E-state index in [2.05, 4.69) is 43.5 Å². The Hall–Kier alpha value is -1.28. The zero-order valence-electron chi connectivity index (χ0n) is 12.3. The van der Waals surface area contributed by atoms with Gasteiger partial charge >= 0.3 is 0 Å². The van der Waals surface area contributed by atoms with Gasteiger partial charge in [0.25, 0.3) is 0 Å². The lowest BCUT2D eigenvalue weighted by Crippen LogP contribution is -2.22. The molecule has 0 amide bonds. The molecule has 102 valence electrons.